The largest absolute Gasteiger partial charge is 0.348 e. The smallest absolute Gasteiger partial charge is 0.163 e. The van der Waals surface area contributed by atoms with Crippen molar-refractivity contribution < 1.29 is 9.47 Å². The van der Waals surface area contributed by atoms with Crippen LogP contribution in [0, 0.1) is 0 Å². The van der Waals surface area contributed by atoms with Gasteiger partial charge in [0.25, 0.3) is 0 Å². The number of allylic oxidation sites excluding steroid dienone is 1. The molecule has 0 aromatic heterocycles. The van der Waals surface area contributed by atoms with Crippen LogP contribution in [-0.4, -0.2) is 18.5 Å². The van der Waals surface area contributed by atoms with Crippen LogP contribution < -0.4 is 0 Å². The second-order valence-corrected chi connectivity index (χ2v) is 4.02. The van der Waals surface area contributed by atoms with Crippen molar-refractivity contribution in [2.75, 3.05) is 6.61 Å². The third-order valence-electron chi connectivity index (χ3n) is 2.25. The molecule has 76 valence electrons. The zero-order valence-electron chi connectivity index (χ0n) is 8.71. The third kappa shape index (κ3) is 3.92. The van der Waals surface area contributed by atoms with E-state index in [4.69, 9.17) is 9.47 Å². The number of hydrogen-bond donors (Lipinski definition) is 0. The summed E-state index contributed by atoms with van der Waals surface area (Å²) >= 11 is 0. The molecule has 0 aromatic rings. The number of ether oxygens (including phenoxy) is 2. The first kappa shape index (κ1) is 10.7. The molecule has 13 heavy (non-hydrogen) atoms. The maximum atomic E-state index is 5.68. The summed E-state index contributed by atoms with van der Waals surface area (Å²) in [5, 5.41) is 0. The fraction of sp³-hybridized carbons (Fsp3) is 0.818. The first-order valence-corrected chi connectivity index (χ1v) is 5.07. The SMILES string of the molecule is C=CCCCC[C@H]1COC(C)(C)O1. The Morgan fingerprint density at radius 2 is 2.23 bits per heavy atom. The van der Waals surface area contributed by atoms with E-state index in [2.05, 4.69) is 6.58 Å². The molecule has 1 heterocycles. The molecule has 0 saturated carbocycles. The lowest BCUT2D eigenvalue weighted by Gasteiger charge is -2.16. The van der Waals surface area contributed by atoms with E-state index < -0.39 is 0 Å². The maximum Gasteiger partial charge on any atom is 0.163 e. The highest BCUT2D eigenvalue weighted by Crippen LogP contribution is 2.25. The Morgan fingerprint density at radius 1 is 1.46 bits per heavy atom. The van der Waals surface area contributed by atoms with E-state index >= 15 is 0 Å². The normalized spacial score (nSPS) is 26.2. The van der Waals surface area contributed by atoms with Gasteiger partial charge in [-0.2, -0.15) is 0 Å². The predicted molar refractivity (Wildman–Crippen MR) is 53.6 cm³/mol. The van der Waals surface area contributed by atoms with E-state index in [-0.39, 0.29) is 5.79 Å². The van der Waals surface area contributed by atoms with E-state index in [0.717, 1.165) is 19.4 Å². The van der Waals surface area contributed by atoms with Crippen LogP contribution in [-0.2, 0) is 9.47 Å². The molecular formula is C11H20O2. The van der Waals surface area contributed by atoms with Crippen molar-refractivity contribution in [3.05, 3.63) is 12.7 Å². The minimum absolute atomic E-state index is 0.305. The van der Waals surface area contributed by atoms with Gasteiger partial charge in [-0.15, -0.1) is 6.58 Å². The Hall–Kier alpha value is -0.340. The second-order valence-electron chi connectivity index (χ2n) is 4.02. The number of unbranched alkanes of at least 4 members (excludes halogenated alkanes) is 2. The number of hydrogen-bond acceptors (Lipinski definition) is 2. The molecule has 2 nitrogen and oxygen atoms in total. The molecule has 0 aliphatic carbocycles. The van der Waals surface area contributed by atoms with Crippen LogP contribution in [0.4, 0.5) is 0 Å². The molecule has 0 unspecified atom stereocenters. The molecule has 0 amide bonds. The summed E-state index contributed by atoms with van der Waals surface area (Å²) < 4.78 is 11.1. The zero-order chi connectivity index (χ0) is 9.73. The van der Waals surface area contributed by atoms with Gasteiger partial charge in [0.2, 0.25) is 0 Å². The molecule has 1 atom stereocenters. The average Bonchev–Trinajstić information content (AvgIpc) is 2.40. The fourth-order valence-electron chi connectivity index (χ4n) is 1.57. The second kappa shape index (κ2) is 4.77. The molecule has 0 bridgehead atoms. The van der Waals surface area contributed by atoms with Gasteiger partial charge >= 0.3 is 0 Å². The lowest BCUT2D eigenvalue weighted by atomic mass is 10.1. The van der Waals surface area contributed by atoms with Crippen molar-refractivity contribution in [1.82, 2.24) is 0 Å². The number of rotatable bonds is 5. The highest BCUT2D eigenvalue weighted by atomic mass is 16.7. The Bertz CT molecular complexity index is 163. The summed E-state index contributed by atoms with van der Waals surface area (Å²) in [4.78, 5) is 0. The Kier molecular flexibility index (Phi) is 3.94. The molecule has 0 aromatic carbocycles. The lowest BCUT2D eigenvalue weighted by Crippen LogP contribution is -2.21. The fourth-order valence-corrected chi connectivity index (χ4v) is 1.57. The van der Waals surface area contributed by atoms with Crippen LogP contribution in [0.25, 0.3) is 0 Å². The van der Waals surface area contributed by atoms with Gasteiger partial charge < -0.3 is 9.47 Å². The van der Waals surface area contributed by atoms with Crippen LogP contribution in [0.3, 0.4) is 0 Å². The summed E-state index contributed by atoms with van der Waals surface area (Å²) in [6.45, 7) is 8.39. The topological polar surface area (TPSA) is 18.5 Å². The van der Waals surface area contributed by atoms with Crippen molar-refractivity contribution >= 4 is 0 Å². The average molecular weight is 184 g/mol. The summed E-state index contributed by atoms with van der Waals surface area (Å²) in [6.07, 6.45) is 6.91. The molecule has 2 heteroatoms. The molecule has 1 fully saturated rings. The van der Waals surface area contributed by atoms with Gasteiger partial charge in [-0.3, -0.25) is 0 Å². The minimum atomic E-state index is -0.358. The Morgan fingerprint density at radius 3 is 2.77 bits per heavy atom. The summed E-state index contributed by atoms with van der Waals surface area (Å²) in [5.41, 5.74) is 0. The highest BCUT2D eigenvalue weighted by Gasteiger charge is 2.31. The predicted octanol–water partition coefficient (Wildman–Crippen LogP) is 2.88. The van der Waals surface area contributed by atoms with Crippen LogP contribution in [0.1, 0.15) is 39.5 Å². The zero-order valence-corrected chi connectivity index (χ0v) is 8.71. The summed E-state index contributed by atoms with van der Waals surface area (Å²) in [6, 6.07) is 0. The highest BCUT2D eigenvalue weighted by molar-refractivity contribution is 4.72. The van der Waals surface area contributed by atoms with Gasteiger partial charge in [0.05, 0.1) is 12.7 Å². The molecule has 0 radical (unpaired) electrons. The minimum Gasteiger partial charge on any atom is -0.348 e. The monoisotopic (exact) mass is 184 g/mol. The van der Waals surface area contributed by atoms with Crippen LogP contribution in [0.2, 0.25) is 0 Å². The van der Waals surface area contributed by atoms with Gasteiger partial charge in [-0.05, 0) is 33.1 Å². The molecule has 0 spiro atoms. The van der Waals surface area contributed by atoms with Crippen molar-refractivity contribution in [2.24, 2.45) is 0 Å². The van der Waals surface area contributed by atoms with Gasteiger partial charge in [-0.1, -0.05) is 12.5 Å². The van der Waals surface area contributed by atoms with Crippen LogP contribution >= 0.6 is 0 Å². The van der Waals surface area contributed by atoms with Gasteiger partial charge in [0.15, 0.2) is 5.79 Å². The maximum absolute atomic E-state index is 5.68. The third-order valence-corrected chi connectivity index (χ3v) is 2.25. The first-order chi connectivity index (χ1) is 6.14. The molecule has 1 aliphatic rings. The quantitative estimate of drug-likeness (QED) is 0.483. The summed E-state index contributed by atoms with van der Waals surface area (Å²) in [5.74, 6) is -0.358. The lowest BCUT2D eigenvalue weighted by molar-refractivity contribution is -0.139. The van der Waals surface area contributed by atoms with Crippen LogP contribution in [0.15, 0.2) is 12.7 Å². The van der Waals surface area contributed by atoms with Crippen molar-refractivity contribution in [3.8, 4) is 0 Å². The van der Waals surface area contributed by atoms with Crippen molar-refractivity contribution in [2.45, 2.75) is 51.4 Å². The van der Waals surface area contributed by atoms with E-state index in [0.29, 0.717) is 6.10 Å². The van der Waals surface area contributed by atoms with E-state index in [1.165, 1.54) is 12.8 Å². The van der Waals surface area contributed by atoms with Crippen LogP contribution in [0.5, 0.6) is 0 Å². The van der Waals surface area contributed by atoms with Gasteiger partial charge in [-0.25, -0.2) is 0 Å². The first-order valence-electron chi connectivity index (χ1n) is 5.07. The molecular weight excluding hydrogens is 164 g/mol. The van der Waals surface area contributed by atoms with Gasteiger partial charge in [0.1, 0.15) is 0 Å². The van der Waals surface area contributed by atoms with E-state index in [1.807, 2.05) is 19.9 Å². The Labute approximate surface area is 80.9 Å². The van der Waals surface area contributed by atoms with Crippen molar-refractivity contribution in [1.29, 1.82) is 0 Å². The summed E-state index contributed by atoms with van der Waals surface area (Å²) in [7, 11) is 0. The van der Waals surface area contributed by atoms with Gasteiger partial charge in [0, 0.05) is 0 Å². The molecule has 1 aliphatic heterocycles. The molecule has 0 N–H and O–H groups in total. The molecule has 1 saturated heterocycles. The van der Waals surface area contributed by atoms with Crippen molar-refractivity contribution in [3.63, 3.8) is 0 Å². The standard InChI is InChI=1S/C11H20O2/c1-4-5-6-7-8-10-9-12-11(2,3)13-10/h4,10H,1,5-9H2,2-3H3/t10-/m0/s1. The van der Waals surface area contributed by atoms with E-state index in [1.54, 1.807) is 0 Å². The molecule has 1 rings (SSSR count). The van der Waals surface area contributed by atoms with E-state index in [9.17, 15) is 0 Å². The Balaban J connectivity index is 2.07.